The lowest BCUT2D eigenvalue weighted by Crippen LogP contribution is -2.22. The molecule has 0 unspecified atom stereocenters. The number of aromatic carboxylic acids is 1. The van der Waals surface area contributed by atoms with Crippen LogP contribution in [0.3, 0.4) is 0 Å². The van der Waals surface area contributed by atoms with Gasteiger partial charge in [0.2, 0.25) is 0 Å². The van der Waals surface area contributed by atoms with E-state index in [0.717, 1.165) is 0 Å². The van der Waals surface area contributed by atoms with Crippen molar-refractivity contribution in [3.63, 3.8) is 0 Å². The first kappa shape index (κ1) is 13.0. The molecule has 0 saturated heterocycles. The van der Waals surface area contributed by atoms with Crippen molar-refractivity contribution in [2.75, 3.05) is 0 Å². The number of benzene rings is 1. The van der Waals surface area contributed by atoms with Crippen LogP contribution in [-0.4, -0.2) is 30.4 Å². The number of carboxylic acid groups (broad SMARTS) is 1. The number of rotatable bonds is 3. The predicted octanol–water partition coefficient (Wildman–Crippen LogP) is 0.876. The lowest BCUT2D eigenvalue weighted by Gasteiger charge is -2.08. The molecule has 0 bridgehead atoms. The van der Waals surface area contributed by atoms with Gasteiger partial charge in [-0.05, 0) is 11.6 Å². The second-order valence-corrected chi connectivity index (χ2v) is 4.65. The van der Waals surface area contributed by atoms with Gasteiger partial charge in [0.15, 0.2) is 5.65 Å². The van der Waals surface area contributed by atoms with E-state index in [2.05, 4.69) is 10.1 Å². The molecule has 3 aromatic rings. The van der Waals surface area contributed by atoms with Crippen LogP contribution in [0.5, 0.6) is 0 Å². The number of hydrogen-bond donors (Lipinski definition) is 1. The maximum absolute atomic E-state index is 12.3. The summed E-state index contributed by atoms with van der Waals surface area (Å²) in [5.74, 6) is -1.02. The Morgan fingerprint density at radius 3 is 2.86 bits per heavy atom. The SMILES string of the molecule is Cn1ncc2c(=O)n(Cc3ccccc3C(=O)O)cnc21. The number of fused-ring (bicyclic) bond motifs is 1. The average Bonchev–Trinajstić information content (AvgIpc) is 2.84. The van der Waals surface area contributed by atoms with Crippen molar-refractivity contribution in [2.45, 2.75) is 6.54 Å². The summed E-state index contributed by atoms with van der Waals surface area (Å²) < 4.78 is 2.90. The second kappa shape index (κ2) is 4.86. The molecule has 7 nitrogen and oxygen atoms in total. The lowest BCUT2D eigenvalue weighted by atomic mass is 10.1. The number of carboxylic acids is 1. The van der Waals surface area contributed by atoms with Crippen LogP contribution in [0.25, 0.3) is 11.0 Å². The van der Waals surface area contributed by atoms with Gasteiger partial charge in [0.1, 0.15) is 11.7 Å². The van der Waals surface area contributed by atoms with E-state index in [-0.39, 0.29) is 17.7 Å². The summed E-state index contributed by atoms with van der Waals surface area (Å²) in [6.45, 7) is 0.152. The topological polar surface area (TPSA) is 90.0 Å². The van der Waals surface area contributed by atoms with Gasteiger partial charge in [-0.1, -0.05) is 18.2 Å². The second-order valence-electron chi connectivity index (χ2n) is 4.65. The number of hydrogen-bond acceptors (Lipinski definition) is 4. The zero-order valence-electron chi connectivity index (χ0n) is 11.2. The molecule has 2 aromatic heterocycles. The number of nitrogens with zero attached hydrogens (tertiary/aromatic N) is 4. The van der Waals surface area contributed by atoms with E-state index in [9.17, 15) is 14.7 Å². The van der Waals surface area contributed by atoms with E-state index in [1.54, 1.807) is 25.2 Å². The van der Waals surface area contributed by atoms with Crippen molar-refractivity contribution in [3.8, 4) is 0 Å². The first-order valence-corrected chi connectivity index (χ1v) is 6.26. The monoisotopic (exact) mass is 284 g/mol. The molecule has 0 amide bonds. The molecule has 2 heterocycles. The average molecular weight is 284 g/mol. The highest BCUT2D eigenvalue weighted by Gasteiger charge is 2.12. The van der Waals surface area contributed by atoms with Gasteiger partial charge in [-0.2, -0.15) is 5.10 Å². The Kier molecular flexibility index (Phi) is 3.02. The molecule has 0 aliphatic rings. The van der Waals surface area contributed by atoms with Gasteiger partial charge < -0.3 is 5.11 Å². The molecule has 21 heavy (non-hydrogen) atoms. The fraction of sp³-hybridized carbons (Fsp3) is 0.143. The Labute approximate surface area is 119 Å². The summed E-state index contributed by atoms with van der Waals surface area (Å²) in [5.41, 5.74) is 0.990. The molecule has 0 aliphatic heterocycles. The summed E-state index contributed by atoms with van der Waals surface area (Å²) in [7, 11) is 1.71. The number of aryl methyl sites for hydroxylation is 1. The molecule has 0 saturated carbocycles. The largest absolute Gasteiger partial charge is 0.478 e. The number of aromatic nitrogens is 4. The minimum atomic E-state index is -1.02. The third kappa shape index (κ3) is 2.18. The summed E-state index contributed by atoms with van der Waals surface area (Å²) in [5, 5.41) is 13.6. The van der Waals surface area contributed by atoms with Crippen LogP contribution in [0.1, 0.15) is 15.9 Å². The first-order valence-electron chi connectivity index (χ1n) is 6.26. The molecule has 0 spiro atoms. The van der Waals surface area contributed by atoms with Gasteiger partial charge in [-0.15, -0.1) is 0 Å². The van der Waals surface area contributed by atoms with Crippen LogP contribution in [0.2, 0.25) is 0 Å². The summed E-state index contributed by atoms with van der Waals surface area (Å²) >= 11 is 0. The lowest BCUT2D eigenvalue weighted by molar-refractivity contribution is 0.0695. The van der Waals surface area contributed by atoms with Crippen molar-refractivity contribution >= 4 is 17.0 Å². The Balaban J connectivity index is 2.09. The molecule has 3 rings (SSSR count). The first-order chi connectivity index (χ1) is 10.1. The maximum atomic E-state index is 12.3. The Morgan fingerprint density at radius 2 is 2.10 bits per heavy atom. The third-order valence-corrected chi connectivity index (χ3v) is 3.31. The van der Waals surface area contributed by atoms with E-state index < -0.39 is 5.97 Å². The highest BCUT2D eigenvalue weighted by molar-refractivity contribution is 5.89. The molecule has 1 aromatic carbocycles. The molecule has 0 fully saturated rings. The summed E-state index contributed by atoms with van der Waals surface area (Å²) in [6.07, 6.45) is 2.87. The van der Waals surface area contributed by atoms with E-state index in [1.165, 1.54) is 27.8 Å². The minimum absolute atomic E-state index is 0.152. The van der Waals surface area contributed by atoms with Crippen molar-refractivity contribution in [2.24, 2.45) is 7.05 Å². The van der Waals surface area contributed by atoms with E-state index in [4.69, 9.17) is 0 Å². The van der Waals surface area contributed by atoms with Gasteiger partial charge in [0, 0.05) is 7.05 Å². The van der Waals surface area contributed by atoms with Crippen LogP contribution in [-0.2, 0) is 13.6 Å². The molecule has 0 radical (unpaired) electrons. The van der Waals surface area contributed by atoms with Gasteiger partial charge in [0.05, 0.1) is 18.3 Å². The molecule has 1 N–H and O–H groups in total. The minimum Gasteiger partial charge on any atom is -0.478 e. The normalized spacial score (nSPS) is 10.9. The van der Waals surface area contributed by atoms with Crippen LogP contribution in [0.4, 0.5) is 0 Å². The quantitative estimate of drug-likeness (QED) is 0.771. The Hall–Kier alpha value is -2.96. The molecule has 106 valence electrons. The van der Waals surface area contributed by atoms with Gasteiger partial charge in [-0.25, -0.2) is 9.78 Å². The highest BCUT2D eigenvalue weighted by atomic mass is 16.4. The maximum Gasteiger partial charge on any atom is 0.336 e. The van der Waals surface area contributed by atoms with Crippen LogP contribution in [0.15, 0.2) is 41.6 Å². The number of carbonyl (C=O) groups is 1. The van der Waals surface area contributed by atoms with Crippen molar-refractivity contribution < 1.29 is 9.90 Å². The van der Waals surface area contributed by atoms with Crippen LogP contribution in [0, 0.1) is 0 Å². The molecule has 0 aliphatic carbocycles. The van der Waals surface area contributed by atoms with Crippen molar-refractivity contribution in [3.05, 3.63) is 58.3 Å². The van der Waals surface area contributed by atoms with Crippen molar-refractivity contribution in [1.82, 2.24) is 19.3 Å². The fourth-order valence-electron chi connectivity index (χ4n) is 2.23. The van der Waals surface area contributed by atoms with Gasteiger partial charge in [0.25, 0.3) is 5.56 Å². The highest BCUT2D eigenvalue weighted by Crippen LogP contribution is 2.11. The molecular formula is C14H12N4O3. The Morgan fingerprint density at radius 1 is 1.33 bits per heavy atom. The zero-order valence-corrected chi connectivity index (χ0v) is 11.2. The predicted molar refractivity (Wildman–Crippen MR) is 75.3 cm³/mol. The van der Waals surface area contributed by atoms with Gasteiger partial charge in [-0.3, -0.25) is 14.0 Å². The van der Waals surface area contributed by atoms with Crippen LogP contribution < -0.4 is 5.56 Å². The molecule has 0 atom stereocenters. The van der Waals surface area contributed by atoms with Crippen molar-refractivity contribution in [1.29, 1.82) is 0 Å². The standard InChI is InChI=1S/C14H12N4O3/c1-17-12-11(6-16-17)13(19)18(8-15-12)7-9-4-2-3-5-10(9)14(20)21/h2-6,8H,7H2,1H3,(H,20,21). The third-order valence-electron chi connectivity index (χ3n) is 3.31. The molecule has 7 heteroatoms. The fourth-order valence-corrected chi connectivity index (χ4v) is 2.23. The zero-order chi connectivity index (χ0) is 15.0. The summed E-state index contributed by atoms with van der Waals surface area (Å²) in [6, 6.07) is 6.59. The smallest absolute Gasteiger partial charge is 0.336 e. The van der Waals surface area contributed by atoms with E-state index >= 15 is 0 Å². The van der Waals surface area contributed by atoms with E-state index in [1.807, 2.05) is 0 Å². The van der Waals surface area contributed by atoms with Gasteiger partial charge >= 0.3 is 5.97 Å². The van der Waals surface area contributed by atoms with Crippen LogP contribution >= 0.6 is 0 Å². The Bertz CT molecular complexity index is 895. The summed E-state index contributed by atoms with van der Waals surface area (Å²) in [4.78, 5) is 27.7. The molecular weight excluding hydrogens is 272 g/mol. The van der Waals surface area contributed by atoms with E-state index in [0.29, 0.717) is 16.6 Å².